The summed E-state index contributed by atoms with van der Waals surface area (Å²) >= 11 is 0. The van der Waals surface area contributed by atoms with Crippen molar-refractivity contribution in [1.82, 2.24) is 0 Å². The number of rotatable bonds is 0. The quantitative estimate of drug-likeness (QED) is 0.600. The summed E-state index contributed by atoms with van der Waals surface area (Å²) < 4.78 is 0. The summed E-state index contributed by atoms with van der Waals surface area (Å²) in [6, 6.07) is 0. The fraction of sp³-hybridized carbons (Fsp3) is 0.267. The van der Waals surface area contributed by atoms with E-state index in [1.807, 2.05) is 24.3 Å². The topological polar surface area (TPSA) is 17.1 Å². The van der Waals surface area contributed by atoms with E-state index >= 15 is 0 Å². The summed E-state index contributed by atoms with van der Waals surface area (Å²) in [6.07, 6.45) is 19.4. The molecule has 0 radical (unpaired) electrons. The lowest BCUT2D eigenvalue weighted by atomic mass is 9.87. The van der Waals surface area contributed by atoms with Crippen LogP contribution in [0.1, 0.15) is 6.42 Å². The Balaban J connectivity index is 2.06. The van der Waals surface area contributed by atoms with E-state index in [0.29, 0.717) is 11.7 Å². The van der Waals surface area contributed by atoms with Gasteiger partial charge in [-0.1, -0.05) is 54.7 Å². The average Bonchev–Trinajstić information content (AvgIpc) is 2.60. The first-order valence-corrected chi connectivity index (χ1v) is 5.80. The molecule has 80 valence electrons. The molecule has 0 aromatic rings. The Kier molecular flexibility index (Phi) is 2.24. The van der Waals surface area contributed by atoms with Crippen LogP contribution in [0.3, 0.4) is 0 Å². The molecule has 0 aromatic heterocycles. The average molecular weight is 210 g/mol. The highest BCUT2D eigenvalue weighted by molar-refractivity contribution is 6.01. The second-order valence-corrected chi connectivity index (χ2v) is 4.51. The number of fused-ring (bicyclic) bond motifs is 3. The fourth-order valence-corrected chi connectivity index (χ4v) is 2.86. The first-order valence-electron chi connectivity index (χ1n) is 5.80. The number of hydrogen-bond acceptors (Lipinski definition) is 1. The summed E-state index contributed by atoms with van der Waals surface area (Å²) in [4.78, 5) is 12.3. The first-order chi connectivity index (χ1) is 7.88. The van der Waals surface area contributed by atoms with Gasteiger partial charge in [0.25, 0.3) is 0 Å². The highest BCUT2D eigenvalue weighted by Crippen LogP contribution is 2.43. The van der Waals surface area contributed by atoms with Crippen molar-refractivity contribution < 1.29 is 4.79 Å². The van der Waals surface area contributed by atoms with Gasteiger partial charge in [-0.2, -0.15) is 0 Å². The van der Waals surface area contributed by atoms with Crippen LogP contribution in [-0.2, 0) is 4.79 Å². The lowest BCUT2D eigenvalue weighted by Gasteiger charge is -2.15. The van der Waals surface area contributed by atoms with E-state index < -0.39 is 0 Å². The third kappa shape index (κ3) is 1.35. The molecule has 0 aromatic carbocycles. The van der Waals surface area contributed by atoms with Crippen molar-refractivity contribution in [3.05, 3.63) is 60.3 Å². The molecule has 0 amide bonds. The van der Waals surface area contributed by atoms with Crippen LogP contribution >= 0.6 is 0 Å². The number of hydrogen-bond donors (Lipinski definition) is 0. The number of Topliss-reactive ketones (excluding diaryl/α,β-unsaturated/α-hetero) is 1. The van der Waals surface area contributed by atoms with Crippen LogP contribution in [0, 0.1) is 17.8 Å². The normalized spacial score (nSPS) is 35.4. The molecular formula is C15H14O. The first kappa shape index (κ1) is 9.59. The van der Waals surface area contributed by atoms with Crippen molar-refractivity contribution in [1.29, 1.82) is 0 Å². The van der Waals surface area contributed by atoms with Crippen molar-refractivity contribution in [3.63, 3.8) is 0 Å². The molecule has 0 N–H and O–H groups in total. The minimum absolute atomic E-state index is 0.155. The summed E-state index contributed by atoms with van der Waals surface area (Å²) in [5.74, 6) is 1.12. The maximum Gasteiger partial charge on any atom is 0.163 e. The number of carbonyl (C=O) groups is 1. The van der Waals surface area contributed by atoms with Gasteiger partial charge in [0, 0.05) is 17.4 Å². The smallest absolute Gasteiger partial charge is 0.163 e. The molecule has 0 spiro atoms. The van der Waals surface area contributed by atoms with E-state index in [-0.39, 0.29) is 11.8 Å². The Morgan fingerprint density at radius 3 is 2.81 bits per heavy atom. The number of allylic oxidation sites excluding steroid dienone is 10. The monoisotopic (exact) mass is 210 g/mol. The highest BCUT2D eigenvalue weighted by atomic mass is 16.1. The van der Waals surface area contributed by atoms with Crippen LogP contribution < -0.4 is 0 Å². The summed E-state index contributed by atoms with van der Waals surface area (Å²) in [7, 11) is 0. The Hall–Kier alpha value is -1.63. The van der Waals surface area contributed by atoms with Crippen LogP contribution in [0.25, 0.3) is 0 Å². The second kappa shape index (κ2) is 3.75. The van der Waals surface area contributed by atoms with E-state index in [4.69, 9.17) is 0 Å². The molecule has 3 aliphatic carbocycles. The predicted molar refractivity (Wildman–Crippen MR) is 64.7 cm³/mol. The van der Waals surface area contributed by atoms with Gasteiger partial charge in [0.05, 0.1) is 0 Å². The predicted octanol–water partition coefficient (Wildman–Crippen LogP) is 2.99. The molecule has 3 atom stereocenters. The molecule has 0 bridgehead atoms. The van der Waals surface area contributed by atoms with Gasteiger partial charge < -0.3 is 0 Å². The van der Waals surface area contributed by atoms with E-state index in [0.717, 1.165) is 12.0 Å². The number of carbonyl (C=O) groups excluding carboxylic acids is 1. The van der Waals surface area contributed by atoms with Crippen LogP contribution in [-0.4, -0.2) is 5.78 Å². The molecule has 0 unspecified atom stereocenters. The van der Waals surface area contributed by atoms with Crippen LogP contribution in [0.5, 0.6) is 0 Å². The second-order valence-electron chi connectivity index (χ2n) is 4.51. The molecule has 1 nitrogen and oxygen atoms in total. The Morgan fingerprint density at radius 1 is 1.00 bits per heavy atom. The zero-order valence-electron chi connectivity index (χ0n) is 9.04. The minimum Gasteiger partial charge on any atom is -0.294 e. The van der Waals surface area contributed by atoms with E-state index in [1.54, 1.807) is 0 Å². The molecule has 1 fully saturated rings. The largest absolute Gasteiger partial charge is 0.294 e. The van der Waals surface area contributed by atoms with Gasteiger partial charge in [0.15, 0.2) is 5.78 Å². The van der Waals surface area contributed by atoms with Crippen molar-refractivity contribution >= 4 is 5.78 Å². The Morgan fingerprint density at radius 2 is 1.88 bits per heavy atom. The molecule has 0 heterocycles. The molecule has 0 saturated heterocycles. The van der Waals surface area contributed by atoms with Gasteiger partial charge in [-0.05, 0) is 12.3 Å². The van der Waals surface area contributed by atoms with E-state index in [2.05, 4.69) is 30.4 Å². The lowest BCUT2D eigenvalue weighted by Crippen LogP contribution is -2.13. The third-order valence-corrected chi connectivity index (χ3v) is 3.65. The molecular weight excluding hydrogens is 196 g/mol. The van der Waals surface area contributed by atoms with Crippen molar-refractivity contribution in [3.8, 4) is 0 Å². The molecule has 1 heteroatoms. The molecule has 16 heavy (non-hydrogen) atoms. The van der Waals surface area contributed by atoms with Gasteiger partial charge in [-0.25, -0.2) is 0 Å². The van der Waals surface area contributed by atoms with E-state index in [9.17, 15) is 4.79 Å². The van der Waals surface area contributed by atoms with Gasteiger partial charge in [0.2, 0.25) is 0 Å². The van der Waals surface area contributed by atoms with Crippen molar-refractivity contribution in [2.45, 2.75) is 6.42 Å². The summed E-state index contributed by atoms with van der Waals surface area (Å²) in [5.41, 5.74) is 0.986. The SMILES string of the molecule is O=C1C2=CC=CC=C[C@@H]2[C@@H]2C=CC=CC[C@H]12. The maximum absolute atomic E-state index is 12.3. The Bertz CT molecular complexity index is 460. The summed E-state index contributed by atoms with van der Waals surface area (Å²) in [5, 5.41) is 0. The lowest BCUT2D eigenvalue weighted by molar-refractivity contribution is -0.118. The Labute approximate surface area is 95.5 Å². The molecule has 3 rings (SSSR count). The highest BCUT2D eigenvalue weighted by Gasteiger charge is 2.43. The molecule has 3 aliphatic rings. The zero-order chi connectivity index (χ0) is 11.0. The standard InChI is InChI=1S/C15H14O/c16-15-13-9-5-1-3-7-11(13)12-8-4-2-6-10-14(12)15/h1-9,11-12,14H,10H2/t11-,12+,14+/m1/s1. The van der Waals surface area contributed by atoms with Crippen LogP contribution in [0.4, 0.5) is 0 Å². The van der Waals surface area contributed by atoms with Crippen molar-refractivity contribution in [2.75, 3.05) is 0 Å². The number of ketones is 1. The van der Waals surface area contributed by atoms with E-state index in [1.165, 1.54) is 0 Å². The summed E-state index contributed by atoms with van der Waals surface area (Å²) in [6.45, 7) is 0. The van der Waals surface area contributed by atoms with Crippen LogP contribution in [0.15, 0.2) is 60.3 Å². The van der Waals surface area contributed by atoms with Crippen LogP contribution in [0.2, 0.25) is 0 Å². The van der Waals surface area contributed by atoms with Crippen molar-refractivity contribution in [2.24, 2.45) is 17.8 Å². The fourth-order valence-electron chi connectivity index (χ4n) is 2.86. The maximum atomic E-state index is 12.3. The minimum atomic E-state index is 0.155. The van der Waals surface area contributed by atoms with Gasteiger partial charge in [0.1, 0.15) is 0 Å². The zero-order valence-corrected chi connectivity index (χ0v) is 9.04. The van der Waals surface area contributed by atoms with Gasteiger partial charge in [-0.3, -0.25) is 4.79 Å². The van der Waals surface area contributed by atoms with Gasteiger partial charge >= 0.3 is 0 Å². The third-order valence-electron chi connectivity index (χ3n) is 3.65. The molecule has 1 saturated carbocycles. The van der Waals surface area contributed by atoms with Gasteiger partial charge in [-0.15, -0.1) is 0 Å². The molecule has 0 aliphatic heterocycles.